The molecule has 222 valence electrons. The first-order chi connectivity index (χ1) is 18.7. The minimum Gasteiger partial charge on any atom is -0.779 e. The number of aromatic carboxylic acids is 1. The van der Waals surface area contributed by atoms with Crippen molar-refractivity contribution >= 4 is 35.9 Å². The lowest BCUT2D eigenvalue weighted by atomic mass is 9.79. The summed E-state index contributed by atoms with van der Waals surface area (Å²) in [6.45, 7) is 6.47. The zero-order valence-electron chi connectivity index (χ0n) is 24.7. The van der Waals surface area contributed by atoms with Crippen LogP contribution in [-0.2, 0) is 27.0 Å². The molecule has 1 aromatic rings. The number of carbonyl (C=O) groups excluding carboxylic acids is 3. The molecule has 0 bridgehead atoms. The second-order valence-corrected chi connectivity index (χ2v) is 10.9. The largest absolute Gasteiger partial charge is 0.779 e. The van der Waals surface area contributed by atoms with Crippen molar-refractivity contribution in [3.8, 4) is 0 Å². The van der Waals surface area contributed by atoms with Gasteiger partial charge in [0.2, 0.25) is 17.3 Å². The summed E-state index contributed by atoms with van der Waals surface area (Å²) in [6, 6.07) is 6.46. The van der Waals surface area contributed by atoms with Crippen molar-refractivity contribution in [3.05, 3.63) is 29.8 Å². The van der Waals surface area contributed by atoms with Gasteiger partial charge in [-0.3, -0.25) is 14.4 Å². The van der Waals surface area contributed by atoms with Crippen LogP contribution in [0.15, 0.2) is 29.2 Å². The number of Topliss-reactive ketones (excluding diaryl/α,β-unsaturated/α-hetero) is 3. The summed E-state index contributed by atoms with van der Waals surface area (Å²) in [5.41, 5.74) is 2.51. The summed E-state index contributed by atoms with van der Waals surface area (Å²) < 4.78 is 0. The summed E-state index contributed by atoms with van der Waals surface area (Å²) in [6.07, 6.45) is 16.4. The fourth-order valence-corrected chi connectivity index (χ4v) is 4.65. The zero-order chi connectivity index (χ0) is 29.5. The van der Waals surface area contributed by atoms with E-state index in [0.717, 1.165) is 96.3 Å². The van der Waals surface area contributed by atoms with Gasteiger partial charge in [0.05, 0.1) is 0 Å². The number of hydrogen-bond acceptors (Lipinski definition) is 5. The summed E-state index contributed by atoms with van der Waals surface area (Å²) in [5, 5.41) is 8.50. The predicted molar refractivity (Wildman–Crippen MR) is 160 cm³/mol. The smallest absolute Gasteiger partial charge is 0.334 e. The van der Waals surface area contributed by atoms with Gasteiger partial charge in [-0.1, -0.05) is 116 Å². The normalized spacial score (nSPS) is 11.0. The Morgan fingerprint density at radius 2 is 0.974 bits per heavy atom. The summed E-state index contributed by atoms with van der Waals surface area (Å²) in [5.74, 6) is -1.70. The Bertz CT molecular complexity index is 790. The van der Waals surface area contributed by atoms with Crippen molar-refractivity contribution in [1.82, 2.24) is 0 Å². The highest BCUT2D eigenvalue weighted by Gasteiger charge is 2.50. The third-order valence-electron chi connectivity index (χ3n) is 7.07. The number of carboxylic acid groups (broad SMARTS) is 1. The van der Waals surface area contributed by atoms with Crippen LogP contribution < -0.4 is 5.73 Å². The van der Waals surface area contributed by atoms with Gasteiger partial charge in [0.25, 0.3) is 5.54 Å². The van der Waals surface area contributed by atoms with Gasteiger partial charge in [-0.2, -0.15) is 4.90 Å². The highest BCUT2D eigenvalue weighted by Crippen LogP contribution is 2.19. The molecule has 0 amide bonds. The van der Waals surface area contributed by atoms with E-state index in [0.29, 0.717) is 24.2 Å². The van der Waals surface area contributed by atoms with Crippen LogP contribution in [0, 0.1) is 0 Å². The molecule has 1 aromatic carbocycles. The molecule has 4 N–H and O–H groups in total. The molecular weight excluding hydrogens is 510 g/mol. The Morgan fingerprint density at radius 3 is 1.26 bits per heavy atom. The van der Waals surface area contributed by atoms with Crippen LogP contribution in [0.1, 0.15) is 147 Å². The highest BCUT2D eigenvalue weighted by atomic mass is 32.1. The van der Waals surface area contributed by atoms with Gasteiger partial charge in [-0.15, -0.1) is 0 Å². The molecule has 0 aromatic heterocycles. The number of ketones is 3. The molecule has 0 atom stereocenters. The topological polar surface area (TPSA) is 116 Å². The molecule has 6 nitrogen and oxygen atoms in total. The van der Waals surface area contributed by atoms with E-state index in [9.17, 15) is 19.2 Å². The molecule has 0 radical (unpaired) electrons. The van der Waals surface area contributed by atoms with Crippen LogP contribution >= 0.6 is 0 Å². The fraction of sp³-hybridized carbons (Fsp3) is 0.688. The molecular formula is C32H53NO5S. The Labute approximate surface area is 242 Å². The zero-order valence-corrected chi connectivity index (χ0v) is 25.5. The molecule has 7 heteroatoms. The SMILES string of the molecule is CCCCCCCC(=O)C([NH3+])(C(=O)CCCCCCC)C(=O)CCCCCCC.O=C(O)c1ccccc1[S-]. The number of hydrogen-bond donors (Lipinski definition) is 2. The molecule has 1 rings (SSSR count). The van der Waals surface area contributed by atoms with Crippen LogP contribution in [0.3, 0.4) is 0 Å². The van der Waals surface area contributed by atoms with Gasteiger partial charge in [0.1, 0.15) is 0 Å². The van der Waals surface area contributed by atoms with Gasteiger partial charge >= 0.3 is 5.97 Å². The molecule has 0 fully saturated rings. The van der Waals surface area contributed by atoms with Crippen molar-refractivity contribution in [1.29, 1.82) is 0 Å². The number of benzene rings is 1. The van der Waals surface area contributed by atoms with E-state index in [-0.39, 0.29) is 22.9 Å². The van der Waals surface area contributed by atoms with Crippen LogP contribution in [0.4, 0.5) is 0 Å². The van der Waals surface area contributed by atoms with E-state index in [4.69, 9.17) is 17.7 Å². The van der Waals surface area contributed by atoms with Crippen LogP contribution in [0.25, 0.3) is 0 Å². The average Bonchev–Trinajstić information content (AvgIpc) is 2.92. The standard InChI is InChI=1S/C25H47NO3.C7H6O2S/c1-4-7-10-13-16-19-22(27)25(26,23(28)20-17-14-11-8-5-2)24(29)21-18-15-12-9-6-3;8-7(9)5-3-1-2-4-6(5)10/h4-21,26H2,1-3H3;1-4,10H,(H,8,9). The number of unbranched alkanes of at least 4 members (excludes halogenated alkanes) is 12. The molecule has 0 aliphatic carbocycles. The maximum Gasteiger partial charge on any atom is 0.334 e. The molecule has 0 saturated heterocycles. The van der Waals surface area contributed by atoms with Crippen LogP contribution in [0.2, 0.25) is 0 Å². The van der Waals surface area contributed by atoms with Crippen LogP contribution in [-0.4, -0.2) is 34.0 Å². The molecule has 0 unspecified atom stereocenters. The Kier molecular flexibility index (Phi) is 21.4. The number of quaternary nitrogens is 1. The lowest BCUT2D eigenvalue weighted by Crippen LogP contribution is -2.84. The fourth-order valence-electron chi connectivity index (χ4n) is 4.42. The Hall–Kier alpha value is -2.12. The third-order valence-corrected chi connectivity index (χ3v) is 7.42. The molecule has 0 aliphatic heterocycles. The van der Waals surface area contributed by atoms with E-state index in [1.165, 1.54) is 6.07 Å². The van der Waals surface area contributed by atoms with E-state index >= 15 is 0 Å². The molecule has 0 heterocycles. The highest BCUT2D eigenvalue weighted by molar-refractivity contribution is 7.58. The lowest BCUT2D eigenvalue weighted by Gasteiger charge is -2.22. The van der Waals surface area contributed by atoms with Gasteiger partial charge in [0, 0.05) is 24.8 Å². The predicted octanol–water partition coefficient (Wildman–Crippen LogP) is 7.05. The number of rotatable bonds is 22. The maximum atomic E-state index is 12.9. The summed E-state index contributed by atoms with van der Waals surface area (Å²) in [7, 11) is 0. The number of carbonyl (C=O) groups is 4. The summed E-state index contributed by atoms with van der Waals surface area (Å²) in [4.78, 5) is 49.6. The van der Waals surface area contributed by atoms with E-state index < -0.39 is 11.5 Å². The van der Waals surface area contributed by atoms with E-state index in [2.05, 4.69) is 26.5 Å². The first kappa shape index (κ1) is 36.9. The molecule has 0 aliphatic rings. The second-order valence-electron chi connectivity index (χ2n) is 10.5. The first-order valence-corrected chi connectivity index (χ1v) is 15.5. The van der Waals surface area contributed by atoms with E-state index in [1.54, 1.807) is 18.2 Å². The van der Waals surface area contributed by atoms with Crippen molar-refractivity contribution in [2.45, 2.75) is 147 Å². The average molecular weight is 564 g/mol. The third kappa shape index (κ3) is 15.3. The van der Waals surface area contributed by atoms with Crippen molar-refractivity contribution in [2.24, 2.45) is 0 Å². The Balaban J connectivity index is 0.00000120. The van der Waals surface area contributed by atoms with Gasteiger partial charge < -0.3 is 23.5 Å². The van der Waals surface area contributed by atoms with Crippen molar-refractivity contribution < 1.29 is 30.0 Å². The van der Waals surface area contributed by atoms with Crippen LogP contribution in [0.5, 0.6) is 0 Å². The Morgan fingerprint density at radius 1 is 0.641 bits per heavy atom. The summed E-state index contributed by atoms with van der Waals surface area (Å²) >= 11 is 4.75. The van der Waals surface area contributed by atoms with Crippen molar-refractivity contribution in [2.75, 3.05) is 0 Å². The molecule has 0 spiro atoms. The maximum absolute atomic E-state index is 12.9. The lowest BCUT2D eigenvalue weighted by molar-refractivity contribution is -0.421. The second kappa shape index (κ2) is 22.7. The quantitative estimate of drug-likeness (QED) is 0.0887. The van der Waals surface area contributed by atoms with Gasteiger partial charge in [-0.25, -0.2) is 4.79 Å². The minimum absolute atomic E-state index is 0.192. The molecule has 39 heavy (non-hydrogen) atoms. The van der Waals surface area contributed by atoms with E-state index in [1.807, 2.05) is 0 Å². The van der Waals surface area contributed by atoms with Gasteiger partial charge in [0.15, 0.2) is 0 Å². The van der Waals surface area contributed by atoms with Gasteiger partial charge in [-0.05, 0) is 25.3 Å². The first-order valence-electron chi connectivity index (χ1n) is 15.1. The monoisotopic (exact) mass is 563 g/mol. The number of carboxylic acids is 1. The molecule has 0 saturated carbocycles. The van der Waals surface area contributed by atoms with Crippen molar-refractivity contribution in [3.63, 3.8) is 0 Å². The minimum atomic E-state index is -1.65.